The molecule has 0 aliphatic carbocycles. The van der Waals surface area contributed by atoms with Gasteiger partial charge in [0, 0.05) is 22.7 Å². The lowest BCUT2D eigenvalue weighted by Gasteiger charge is -2.23. The van der Waals surface area contributed by atoms with E-state index in [1.165, 1.54) is 34.8 Å². The number of nitrogens with zero attached hydrogens (tertiary/aromatic N) is 3. The number of non-ortho nitro benzene ring substituents is 1. The summed E-state index contributed by atoms with van der Waals surface area (Å²) in [7, 11) is -3.62. The smallest absolute Gasteiger partial charge is 0.271 e. The predicted molar refractivity (Wildman–Crippen MR) is 158 cm³/mol. The maximum atomic E-state index is 12.5. The number of nitrogens with one attached hydrogen (secondary N) is 1. The molecule has 12 heteroatoms. The molecule has 1 amide bonds. The predicted octanol–water partition coefficient (Wildman–Crippen LogP) is 5.56. The molecular weight excluding hydrogens is 568 g/mol. The molecule has 0 spiro atoms. The molecule has 210 valence electrons. The Morgan fingerprint density at radius 3 is 2.27 bits per heavy atom. The van der Waals surface area contributed by atoms with E-state index in [9.17, 15) is 23.3 Å². The highest BCUT2D eigenvalue weighted by atomic mass is 35.5. The zero-order valence-electron chi connectivity index (χ0n) is 21.8. The zero-order valence-corrected chi connectivity index (χ0v) is 23.4. The number of carbonyl (C=O) groups is 1. The fraction of sp³-hybridized carbons (Fsp3) is 0.103. The molecule has 0 aromatic heterocycles. The largest absolute Gasteiger partial charge is 0.489 e. The van der Waals surface area contributed by atoms with Crippen LogP contribution in [0.1, 0.15) is 27.0 Å². The lowest BCUT2D eigenvalue weighted by molar-refractivity contribution is -0.384. The number of nitro groups is 1. The van der Waals surface area contributed by atoms with Gasteiger partial charge in [-0.3, -0.25) is 19.2 Å². The summed E-state index contributed by atoms with van der Waals surface area (Å²) in [5, 5.41) is 15.2. The minimum absolute atomic E-state index is 0.0182. The summed E-state index contributed by atoms with van der Waals surface area (Å²) in [4.78, 5) is 22.8. The van der Waals surface area contributed by atoms with Gasteiger partial charge in [0.15, 0.2) is 0 Å². The van der Waals surface area contributed by atoms with E-state index >= 15 is 0 Å². The standard InChI is InChI=1S/C29H25ClN4O6S/c1-41(38,39)33(19-24-4-2-3-5-28(24)30)25-14-10-23(11-15-25)29(35)32-31-18-21-8-16-27(17-9-21)40-20-22-6-12-26(13-7-22)34(36)37/h2-18H,19-20H2,1H3,(H,32,35)/b31-18+. The number of ether oxygens (including phenoxy) is 1. The Morgan fingerprint density at radius 1 is 1.00 bits per heavy atom. The normalized spacial score (nSPS) is 11.3. The first kappa shape index (κ1) is 29.2. The van der Waals surface area contributed by atoms with Crippen LogP contribution in [0.4, 0.5) is 11.4 Å². The number of hydrogen-bond donors (Lipinski definition) is 1. The van der Waals surface area contributed by atoms with E-state index in [0.29, 0.717) is 33.1 Å². The second kappa shape index (κ2) is 13.1. The van der Waals surface area contributed by atoms with Crippen molar-refractivity contribution in [1.82, 2.24) is 5.43 Å². The number of benzene rings is 4. The molecule has 0 bridgehead atoms. The quantitative estimate of drug-likeness (QED) is 0.138. The summed E-state index contributed by atoms with van der Waals surface area (Å²) in [5.74, 6) is 0.134. The lowest BCUT2D eigenvalue weighted by Crippen LogP contribution is -2.29. The number of hydrazone groups is 1. The van der Waals surface area contributed by atoms with Gasteiger partial charge < -0.3 is 4.74 Å². The van der Waals surface area contributed by atoms with Gasteiger partial charge >= 0.3 is 0 Å². The number of nitro benzene ring substituents is 1. The van der Waals surface area contributed by atoms with Crippen molar-refractivity contribution in [3.05, 3.63) is 134 Å². The van der Waals surface area contributed by atoms with Crippen LogP contribution in [-0.2, 0) is 23.2 Å². The van der Waals surface area contributed by atoms with E-state index in [1.807, 2.05) is 0 Å². The van der Waals surface area contributed by atoms with Crippen molar-refractivity contribution in [3.63, 3.8) is 0 Å². The Morgan fingerprint density at radius 2 is 1.66 bits per heavy atom. The summed E-state index contributed by atoms with van der Waals surface area (Å²) in [6, 6.07) is 26.2. The first-order chi connectivity index (χ1) is 19.6. The molecule has 0 radical (unpaired) electrons. The Bertz CT molecular complexity index is 1660. The zero-order chi connectivity index (χ0) is 29.4. The van der Waals surface area contributed by atoms with Gasteiger partial charge in [-0.15, -0.1) is 0 Å². The van der Waals surface area contributed by atoms with Crippen molar-refractivity contribution >= 4 is 45.1 Å². The molecule has 10 nitrogen and oxygen atoms in total. The van der Waals surface area contributed by atoms with Gasteiger partial charge in [-0.2, -0.15) is 5.10 Å². The van der Waals surface area contributed by atoms with Crippen LogP contribution >= 0.6 is 11.6 Å². The fourth-order valence-corrected chi connectivity index (χ4v) is 4.79. The Labute approximate surface area is 242 Å². The highest BCUT2D eigenvalue weighted by Crippen LogP contribution is 2.24. The molecule has 0 unspecified atom stereocenters. The third-order valence-corrected chi connectivity index (χ3v) is 7.41. The molecule has 4 rings (SSSR count). The van der Waals surface area contributed by atoms with Crippen molar-refractivity contribution in [2.24, 2.45) is 5.10 Å². The van der Waals surface area contributed by atoms with Crippen LogP contribution in [0.5, 0.6) is 5.75 Å². The second-order valence-corrected chi connectivity index (χ2v) is 11.2. The number of rotatable bonds is 11. The SMILES string of the molecule is CS(=O)(=O)N(Cc1ccccc1Cl)c1ccc(C(=O)N/N=C/c2ccc(OCc3ccc([N+](=O)[O-])cc3)cc2)cc1. The van der Waals surface area contributed by atoms with Gasteiger partial charge in [0.25, 0.3) is 11.6 Å². The van der Waals surface area contributed by atoms with Crippen LogP contribution in [0.2, 0.25) is 5.02 Å². The topological polar surface area (TPSA) is 131 Å². The number of halogens is 1. The van der Waals surface area contributed by atoms with Crippen LogP contribution in [0.15, 0.2) is 102 Å². The molecule has 0 saturated carbocycles. The molecule has 41 heavy (non-hydrogen) atoms. The fourth-order valence-electron chi connectivity index (χ4n) is 3.72. The number of amides is 1. The van der Waals surface area contributed by atoms with Gasteiger partial charge in [-0.1, -0.05) is 29.8 Å². The highest BCUT2D eigenvalue weighted by Gasteiger charge is 2.19. The van der Waals surface area contributed by atoms with E-state index in [0.717, 1.165) is 11.8 Å². The van der Waals surface area contributed by atoms with Crippen LogP contribution < -0.4 is 14.5 Å². The molecule has 0 heterocycles. The maximum absolute atomic E-state index is 12.5. The van der Waals surface area contributed by atoms with Crippen molar-refractivity contribution in [2.45, 2.75) is 13.2 Å². The third kappa shape index (κ3) is 8.13. The summed E-state index contributed by atoms with van der Waals surface area (Å²) in [6.07, 6.45) is 2.58. The first-order valence-corrected chi connectivity index (χ1v) is 14.4. The molecule has 4 aromatic carbocycles. The van der Waals surface area contributed by atoms with Crippen molar-refractivity contribution in [1.29, 1.82) is 0 Å². The minimum Gasteiger partial charge on any atom is -0.489 e. The third-order valence-electron chi connectivity index (χ3n) is 5.90. The summed E-state index contributed by atoms with van der Waals surface area (Å²) in [6.45, 7) is 0.303. The van der Waals surface area contributed by atoms with Gasteiger partial charge in [0.2, 0.25) is 10.0 Å². The Kier molecular flexibility index (Phi) is 9.33. The number of carbonyl (C=O) groups excluding carboxylic acids is 1. The molecule has 0 aliphatic rings. The van der Waals surface area contributed by atoms with Gasteiger partial charge in [0.05, 0.1) is 29.6 Å². The molecular formula is C29H25ClN4O6S. The van der Waals surface area contributed by atoms with Crippen LogP contribution in [0.3, 0.4) is 0 Å². The van der Waals surface area contributed by atoms with E-state index in [1.54, 1.807) is 72.8 Å². The monoisotopic (exact) mass is 592 g/mol. The highest BCUT2D eigenvalue weighted by molar-refractivity contribution is 7.92. The number of sulfonamides is 1. The average Bonchev–Trinajstić information content (AvgIpc) is 2.96. The minimum atomic E-state index is -3.62. The van der Waals surface area contributed by atoms with Crippen molar-refractivity contribution in [2.75, 3.05) is 10.6 Å². The molecule has 4 aromatic rings. The van der Waals surface area contributed by atoms with Crippen LogP contribution in [0, 0.1) is 10.1 Å². The first-order valence-electron chi connectivity index (χ1n) is 12.2. The second-order valence-electron chi connectivity index (χ2n) is 8.89. The van der Waals surface area contributed by atoms with E-state index in [2.05, 4.69) is 10.5 Å². The van der Waals surface area contributed by atoms with E-state index < -0.39 is 20.9 Å². The average molecular weight is 593 g/mol. The number of anilines is 1. The van der Waals surface area contributed by atoms with Gasteiger partial charge in [0.1, 0.15) is 12.4 Å². The van der Waals surface area contributed by atoms with E-state index in [4.69, 9.17) is 16.3 Å². The Balaban J connectivity index is 1.32. The molecule has 0 atom stereocenters. The van der Waals surface area contributed by atoms with Gasteiger partial charge in [-0.25, -0.2) is 13.8 Å². The Hall–Kier alpha value is -4.74. The summed E-state index contributed by atoms with van der Waals surface area (Å²) >= 11 is 6.21. The number of hydrogen-bond acceptors (Lipinski definition) is 7. The van der Waals surface area contributed by atoms with Gasteiger partial charge in [-0.05, 0) is 83.4 Å². The summed E-state index contributed by atoms with van der Waals surface area (Å²) in [5.41, 5.74) is 5.32. The van der Waals surface area contributed by atoms with Crippen molar-refractivity contribution in [3.8, 4) is 5.75 Å². The molecule has 0 aliphatic heterocycles. The van der Waals surface area contributed by atoms with Crippen LogP contribution in [-0.4, -0.2) is 31.7 Å². The summed E-state index contributed by atoms with van der Waals surface area (Å²) < 4.78 is 31.8. The molecule has 0 saturated heterocycles. The van der Waals surface area contributed by atoms with E-state index in [-0.39, 0.29) is 18.8 Å². The van der Waals surface area contributed by atoms with Crippen LogP contribution in [0.25, 0.3) is 0 Å². The molecule has 1 N–H and O–H groups in total. The van der Waals surface area contributed by atoms with Crippen molar-refractivity contribution < 1.29 is 22.9 Å². The molecule has 0 fully saturated rings. The lowest BCUT2D eigenvalue weighted by atomic mass is 10.2. The maximum Gasteiger partial charge on any atom is 0.271 e.